The van der Waals surface area contributed by atoms with E-state index in [-0.39, 0.29) is 11.8 Å². The van der Waals surface area contributed by atoms with Crippen molar-refractivity contribution >= 4 is 34.2 Å². The second-order valence-electron chi connectivity index (χ2n) is 8.99. The summed E-state index contributed by atoms with van der Waals surface area (Å²) >= 11 is 2.40. The first-order valence-corrected chi connectivity index (χ1v) is 13.0. The summed E-state index contributed by atoms with van der Waals surface area (Å²) in [6.45, 7) is 6.99. The van der Waals surface area contributed by atoms with E-state index in [2.05, 4.69) is 98.2 Å². The number of rotatable bonds is 7. The van der Waals surface area contributed by atoms with Gasteiger partial charge in [-0.15, -0.1) is 0 Å². The quantitative estimate of drug-likeness (QED) is 0.278. The monoisotopic (exact) mass is 541 g/mol. The molecule has 0 bridgehead atoms. The van der Waals surface area contributed by atoms with Gasteiger partial charge in [-0.3, -0.25) is 9.69 Å². The minimum absolute atomic E-state index is 0.00920. The average molecular weight is 541 g/mol. The number of likely N-dealkylation sites (tertiary alicyclic amines) is 1. The van der Waals surface area contributed by atoms with E-state index in [9.17, 15) is 4.79 Å². The molecule has 168 valence electrons. The molecule has 0 radical (unpaired) electrons. The van der Waals surface area contributed by atoms with Gasteiger partial charge in [0.05, 0.1) is 0 Å². The van der Waals surface area contributed by atoms with Gasteiger partial charge in [-0.1, -0.05) is 60.7 Å². The second-order valence-corrected chi connectivity index (χ2v) is 9.75. The Hall–Kier alpha value is -2.12. The molecule has 5 heteroatoms. The molecule has 0 aliphatic carbocycles. The number of piperidine rings is 1. The molecule has 2 heterocycles. The number of benzene rings is 2. The first kappa shape index (κ1) is 23.1. The van der Waals surface area contributed by atoms with Gasteiger partial charge in [-0.05, 0) is 79.4 Å². The molecule has 0 spiro atoms. The molecule has 0 saturated carbocycles. The van der Waals surface area contributed by atoms with Crippen molar-refractivity contribution in [1.29, 1.82) is 0 Å². The number of halogens is 1. The van der Waals surface area contributed by atoms with Gasteiger partial charge in [0.1, 0.15) is 0 Å². The van der Waals surface area contributed by atoms with Crippen LogP contribution in [0.1, 0.15) is 49.4 Å². The van der Waals surface area contributed by atoms with Gasteiger partial charge >= 0.3 is 0 Å². The van der Waals surface area contributed by atoms with E-state index >= 15 is 0 Å². The van der Waals surface area contributed by atoms with Crippen molar-refractivity contribution in [2.75, 3.05) is 18.4 Å². The molecule has 0 unspecified atom stereocenters. The van der Waals surface area contributed by atoms with Crippen LogP contribution in [0, 0.1) is 5.92 Å². The molecule has 1 aliphatic heterocycles. The van der Waals surface area contributed by atoms with E-state index < -0.39 is 0 Å². The van der Waals surface area contributed by atoms with E-state index in [1.807, 2.05) is 19.9 Å². The van der Waals surface area contributed by atoms with E-state index in [0.717, 1.165) is 42.6 Å². The maximum atomic E-state index is 12.0. The van der Waals surface area contributed by atoms with Crippen LogP contribution in [0.5, 0.6) is 0 Å². The Morgan fingerprint density at radius 3 is 2.50 bits per heavy atom. The molecule has 32 heavy (non-hydrogen) atoms. The zero-order chi connectivity index (χ0) is 22.5. The van der Waals surface area contributed by atoms with Gasteiger partial charge in [-0.2, -0.15) is 0 Å². The predicted molar refractivity (Wildman–Crippen MR) is 141 cm³/mol. The van der Waals surface area contributed by atoms with Crippen molar-refractivity contribution in [3.05, 3.63) is 83.7 Å². The molecule has 1 N–H and O–H groups in total. The molecule has 2 aromatic carbocycles. The Bertz CT molecular complexity index is 1030. The number of aromatic nitrogens is 1. The highest BCUT2D eigenvalue weighted by molar-refractivity contribution is 14.1. The number of hydrogen-bond donors (Lipinski definition) is 1. The summed E-state index contributed by atoms with van der Waals surface area (Å²) < 4.78 is 3.35. The van der Waals surface area contributed by atoms with E-state index in [4.69, 9.17) is 0 Å². The van der Waals surface area contributed by atoms with E-state index in [1.54, 1.807) is 0 Å². The molecular formula is C27H32IN3O. The standard InChI is InChI=1S/C27H32IN3O/c1-20(2)27(32)29-24-6-3-5-23(17-24)22-12-15-30(16-13-22)19-26-7-4-14-31(26)25-10-8-21(18-28)9-11-25/h3-11,14,17,20,22H,12-13,15-16,18-19H2,1-2H3,(H,29,32). The molecule has 1 aliphatic rings. The van der Waals surface area contributed by atoms with Gasteiger partial charge in [0.15, 0.2) is 0 Å². The van der Waals surface area contributed by atoms with E-state index in [1.165, 1.54) is 22.5 Å². The summed E-state index contributed by atoms with van der Waals surface area (Å²) in [4.78, 5) is 14.6. The highest BCUT2D eigenvalue weighted by Crippen LogP contribution is 2.30. The number of anilines is 1. The number of carbonyl (C=O) groups is 1. The van der Waals surface area contributed by atoms with Crippen molar-refractivity contribution in [3.8, 4) is 5.69 Å². The van der Waals surface area contributed by atoms with Gasteiger partial charge in [0.25, 0.3) is 0 Å². The summed E-state index contributed by atoms with van der Waals surface area (Å²) in [5, 5.41) is 3.04. The van der Waals surface area contributed by atoms with Crippen LogP contribution < -0.4 is 5.32 Å². The minimum Gasteiger partial charge on any atom is -0.326 e. The zero-order valence-corrected chi connectivity index (χ0v) is 21.1. The Kier molecular flexibility index (Phi) is 7.68. The maximum Gasteiger partial charge on any atom is 0.226 e. The fourth-order valence-electron chi connectivity index (χ4n) is 4.35. The smallest absolute Gasteiger partial charge is 0.226 e. The SMILES string of the molecule is CC(C)C(=O)Nc1cccc(C2CCN(Cc3cccn3-c3ccc(CI)cc3)CC2)c1. The normalized spacial score (nSPS) is 15.2. The number of hydrogen-bond acceptors (Lipinski definition) is 2. The highest BCUT2D eigenvalue weighted by Gasteiger charge is 2.22. The Morgan fingerprint density at radius 1 is 1.06 bits per heavy atom. The van der Waals surface area contributed by atoms with Gasteiger partial charge < -0.3 is 9.88 Å². The minimum atomic E-state index is -0.00920. The van der Waals surface area contributed by atoms with Crippen LogP contribution in [0.4, 0.5) is 5.69 Å². The number of amides is 1. The Morgan fingerprint density at radius 2 is 1.81 bits per heavy atom. The van der Waals surface area contributed by atoms with Crippen molar-refractivity contribution in [2.45, 2.75) is 43.6 Å². The van der Waals surface area contributed by atoms with Gasteiger partial charge in [-0.25, -0.2) is 0 Å². The number of nitrogens with one attached hydrogen (secondary N) is 1. The topological polar surface area (TPSA) is 37.3 Å². The first-order valence-electron chi connectivity index (χ1n) is 11.5. The molecule has 0 atom stereocenters. The molecule has 1 saturated heterocycles. The summed E-state index contributed by atoms with van der Waals surface area (Å²) in [6, 6.07) is 21.7. The Labute approximate surface area is 205 Å². The highest BCUT2D eigenvalue weighted by atomic mass is 127. The van der Waals surface area contributed by atoms with Crippen molar-refractivity contribution in [2.24, 2.45) is 5.92 Å². The van der Waals surface area contributed by atoms with Gasteiger partial charge in [0, 0.05) is 40.2 Å². The summed E-state index contributed by atoms with van der Waals surface area (Å²) in [5.41, 5.74) is 6.18. The lowest BCUT2D eigenvalue weighted by Crippen LogP contribution is -2.33. The molecular weight excluding hydrogens is 509 g/mol. The van der Waals surface area contributed by atoms with E-state index in [0.29, 0.717) is 5.92 Å². The van der Waals surface area contributed by atoms with Crippen LogP contribution in [-0.2, 0) is 15.8 Å². The third kappa shape index (κ3) is 5.62. The summed E-state index contributed by atoms with van der Waals surface area (Å²) in [7, 11) is 0. The lowest BCUT2D eigenvalue weighted by atomic mass is 9.89. The summed E-state index contributed by atoms with van der Waals surface area (Å²) in [5.74, 6) is 0.615. The van der Waals surface area contributed by atoms with Crippen LogP contribution >= 0.6 is 22.6 Å². The lowest BCUT2D eigenvalue weighted by molar-refractivity contribution is -0.118. The number of alkyl halides is 1. The largest absolute Gasteiger partial charge is 0.326 e. The molecule has 4 rings (SSSR count). The first-order chi connectivity index (χ1) is 15.5. The Balaban J connectivity index is 1.36. The molecule has 1 amide bonds. The number of carbonyl (C=O) groups excluding carboxylic acids is 1. The summed E-state index contributed by atoms with van der Waals surface area (Å²) in [6.07, 6.45) is 4.46. The lowest BCUT2D eigenvalue weighted by Gasteiger charge is -2.32. The average Bonchev–Trinajstić information content (AvgIpc) is 3.28. The molecule has 3 aromatic rings. The predicted octanol–water partition coefficient (Wildman–Crippen LogP) is 6.39. The third-order valence-electron chi connectivity index (χ3n) is 6.33. The van der Waals surface area contributed by atoms with Crippen molar-refractivity contribution in [1.82, 2.24) is 9.47 Å². The van der Waals surface area contributed by atoms with Crippen LogP contribution in [0.3, 0.4) is 0 Å². The molecule has 1 aromatic heterocycles. The van der Waals surface area contributed by atoms with Crippen LogP contribution in [0.2, 0.25) is 0 Å². The maximum absolute atomic E-state index is 12.0. The van der Waals surface area contributed by atoms with Crippen LogP contribution in [0.25, 0.3) is 5.69 Å². The van der Waals surface area contributed by atoms with Crippen LogP contribution in [-0.4, -0.2) is 28.5 Å². The fourth-order valence-corrected chi connectivity index (χ4v) is 4.86. The third-order valence-corrected chi connectivity index (χ3v) is 7.21. The second kappa shape index (κ2) is 10.7. The fraction of sp³-hybridized carbons (Fsp3) is 0.370. The van der Waals surface area contributed by atoms with Crippen molar-refractivity contribution in [3.63, 3.8) is 0 Å². The zero-order valence-electron chi connectivity index (χ0n) is 18.9. The van der Waals surface area contributed by atoms with Crippen LogP contribution in [0.15, 0.2) is 66.9 Å². The molecule has 1 fully saturated rings. The number of nitrogens with zero attached hydrogens (tertiary/aromatic N) is 2. The van der Waals surface area contributed by atoms with Gasteiger partial charge in [0.2, 0.25) is 5.91 Å². The van der Waals surface area contributed by atoms with Crippen molar-refractivity contribution < 1.29 is 4.79 Å². The molecule has 4 nitrogen and oxygen atoms in total.